The predicted molar refractivity (Wildman–Crippen MR) is 80.8 cm³/mol. The minimum atomic E-state index is 0.537. The topological polar surface area (TPSA) is 55.0 Å². The fourth-order valence-electron chi connectivity index (χ4n) is 2.65. The van der Waals surface area contributed by atoms with Gasteiger partial charge in [0.1, 0.15) is 5.52 Å². The third-order valence-corrected chi connectivity index (χ3v) is 4.77. The van der Waals surface area contributed by atoms with Gasteiger partial charge in [-0.25, -0.2) is 9.97 Å². The summed E-state index contributed by atoms with van der Waals surface area (Å²) in [6.45, 7) is 2.20. The van der Waals surface area contributed by atoms with Gasteiger partial charge in [-0.05, 0) is 18.9 Å². The molecule has 1 aliphatic rings. The van der Waals surface area contributed by atoms with Crippen LogP contribution in [-0.4, -0.2) is 23.1 Å². The third-order valence-electron chi connectivity index (χ3n) is 3.62. The third kappa shape index (κ3) is 1.65. The summed E-state index contributed by atoms with van der Waals surface area (Å²) in [7, 11) is 0. The van der Waals surface area contributed by atoms with Crippen LogP contribution < -0.4 is 10.6 Å². The highest BCUT2D eigenvalue weighted by molar-refractivity contribution is 7.23. The van der Waals surface area contributed by atoms with Crippen molar-refractivity contribution in [2.75, 3.05) is 23.7 Å². The number of nitrogens with two attached hydrogens (primary N) is 1. The number of hydrogen-bond acceptors (Lipinski definition) is 5. The van der Waals surface area contributed by atoms with Crippen molar-refractivity contribution in [3.05, 3.63) is 24.3 Å². The van der Waals surface area contributed by atoms with Gasteiger partial charge in [-0.15, -0.1) is 0 Å². The molecule has 1 fully saturated rings. The number of rotatable bonds is 1. The van der Waals surface area contributed by atoms with Crippen LogP contribution in [0, 0.1) is 0 Å². The number of fused-ring (bicyclic) bond motifs is 3. The molecule has 19 heavy (non-hydrogen) atoms. The van der Waals surface area contributed by atoms with E-state index in [2.05, 4.69) is 16.0 Å². The fourth-order valence-corrected chi connectivity index (χ4v) is 3.82. The van der Waals surface area contributed by atoms with E-state index in [1.165, 1.54) is 12.8 Å². The van der Waals surface area contributed by atoms with Gasteiger partial charge in [-0.2, -0.15) is 0 Å². The molecule has 0 saturated carbocycles. The lowest BCUT2D eigenvalue weighted by Gasteiger charge is -2.11. The Labute approximate surface area is 114 Å². The van der Waals surface area contributed by atoms with Crippen molar-refractivity contribution in [2.45, 2.75) is 12.8 Å². The summed E-state index contributed by atoms with van der Waals surface area (Å²) < 4.78 is 1.16. The van der Waals surface area contributed by atoms with Crippen molar-refractivity contribution >= 4 is 43.4 Å². The van der Waals surface area contributed by atoms with Crippen LogP contribution in [0.15, 0.2) is 24.3 Å². The maximum absolute atomic E-state index is 6.05. The highest BCUT2D eigenvalue weighted by atomic mass is 32.1. The second kappa shape index (κ2) is 4.06. The Bertz CT molecular complexity index is 759. The first-order valence-corrected chi connectivity index (χ1v) is 7.34. The number of para-hydroxylation sites is 1. The lowest BCUT2D eigenvalue weighted by molar-refractivity contribution is 0.949. The molecule has 2 aromatic heterocycles. The lowest BCUT2D eigenvalue weighted by Crippen LogP contribution is -2.16. The van der Waals surface area contributed by atoms with Crippen LogP contribution in [-0.2, 0) is 0 Å². The number of nitrogen functional groups attached to an aromatic ring is 1. The lowest BCUT2D eigenvalue weighted by atomic mass is 10.2. The molecule has 0 amide bonds. The highest BCUT2D eigenvalue weighted by Gasteiger charge is 2.18. The van der Waals surface area contributed by atoms with Crippen molar-refractivity contribution in [2.24, 2.45) is 0 Å². The number of thiazole rings is 1. The number of nitrogens with zero attached hydrogens (tertiary/aromatic N) is 3. The van der Waals surface area contributed by atoms with Crippen molar-refractivity contribution in [3.63, 3.8) is 0 Å². The summed E-state index contributed by atoms with van der Waals surface area (Å²) >= 11 is 1.73. The van der Waals surface area contributed by atoms with E-state index < -0.39 is 0 Å². The van der Waals surface area contributed by atoms with Gasteiger partial charge in [0.25, 0.3) is 0 Å². The van der Waals surface area contributed by atoms with Gasteiger partial charge in [0, 0.05) is 18.5 Å². The number of aromatic nitrogens is 2. The zero-order chi connectivity index (χ0) is 12.8. The molecule has 0 bridgehead atoms. The molecule has 96 valence electrons. The maximum atomic E-state index is 6.05. The summed E-state index contributed by atoms with van der Waals surface area (Å²) in [5.41, 5.74) is 7.85. The molecule has 3 aromatic rings. The molecule has 0 spiro atoms. The van der Waals surface area contributed by atoms with Gasteiger partial charge in [-0.1, -0.05) is 29.5 Å². The van der Waals surface area contributed by atoms with Crippen LogP contribution >= 0.6 is 11.3 Å². The minimum Gasteiger partial charge on any atom is -0.382 e. The molecular weight excluding hydrogens is 256 g/mol. The summed E-state index contributed by atoms with van der Waals surface area (Å²) in [4.78, 5) is 11.5. The first-order valence-electron chi connectivity index (χ1n) is 6.52. The maximum Gasteiger partial charge on any atom is 0.186 e. The molecule has 0 unspecified atom stereocenters. The molecule has 1 aliphatic heterocycles. The van der Waals surface area contributed by atoms with Crippen LogP contribution in [0.5, 0.6) is 0 Å². The van der Waals surface area contributed by atoms with E-state index in [-0.39, 0.29) is 0 Å². The van der Waals surface area contributed by atoms with Crippen LogP contribution in [0.4, 0.5) is 10.9 Å². The molecule has 4 nitrogen and oxygen atoms in total. The first kappa shape index (κ1) is 11.0. The average Bonchev–Trinajstić information content (AvgIpc) is 3.08. The van der Waals surface area contributed by atoms with Crippen molar-refractivity contribution < 1.29 is 0 Å². The van der Waals surface area contributed by atoms with Crippen molar-refractivity contribution in [1.82, 2.24) is 9.97 Å². The molecule has 0 radical (unpaired) electrons. The molecular formula is C14H14N4S. The fraction of sp³-hybridized carbons (Fsp3) is 0.286. The van der Waals surface area contributed by atoms with Gasteiger partial charge in [0.15, 0.2) is 10.9 Å². The van der Waals surface area contributed by atoms with E-state index >= 15 is 0 Å². The summed E-state index contributed by atoms with van der Waals surface area (Å²) in [5.74, 6) is 0.537. The molecule has 2 N–H and O–H groups in total. The van der Waals surface area contributed by atoms with Gasteiger partial charge >= 0.3 is 0 Å². The summed E-state index contributed by atoms with van der Waals surface area (Å²) in [6.07, 6.45) is 2.51. The minimum absolute atomic E-state index is 0.537. The molecule has 1 aromatic carbocycles. The van der Waals surface area contributed by atoms with Gasteiger partial charge in [0.05, 0.1) is 10.2 Å². The number of benzene rings is 1. The number of hydrogen-bond donors (Lipinski definition) is 1. The Morgan fingerprint density at radius 1 is 1.11 bits per heavy atom. The van der Waals surface area contributed by atoms with E-state index in [1.54, 1.807) is 11.3 Å². The van der Waals surface area contributed by atoms with Crippen LogP contribution in [0.2, 0.25) is 0 Å². The molecule has 0 aliphatic carbocycles. The van der Waals surface area contributed by atoms with Crippen molar-refractivity contribution in [1.29, 1.82) is 0 Å². The van der Waals surface area contributed by atoms with E-state index in [0.29, 0.717) is 5.82 Å². The van der Waals surface area contributed by atoms with Gasteiger partial charge in [-0.3, -0.25) is 0 Å². The Morgan fingerprint density at radius 3 is 2.74 bits per heavy atom. The van der Waals surface area contributed by atoms with E-state index in [0.717, 1.165) is 39.3 Å². The largest absolute Gasteiger partial charge is 0.382 e. The van der Waals surface area contributed by atoms with Crippen LogP contribution in [0.1, 0.15) is 12.8 Å². The van der Waals surface area contributed by atoms with Gasteiger partial charge in [0.2, 0.25) is 0 Å². The van der Waals surface area contributed by atoms with Crippen molar-refractivity contribution in [3.8, 4) is 0 Å². The molecule has 5 heteroatoms. The molecule has 1 saturated heterocycles. The highest BCUT2D eigenvalue weighted by Crippen LogP contribution is 2.36. The van der Waals surface area contributed by atoms with E-state index in [4.69, 9.17) is 10.7 Å². The van der Waals surface area contributed by atoms with Crippen LogP contribution in [0.3, 0.4) is 0 Å². The summed E-state index contributed by atoms with van der Waals surface area (Å²) in [6, 6.07) is 8.12. The smallest absolute Gasteiger partial charge is 0.186 e. The second-order valence-corrected chi connectivity index (χ2v) is 5.86. The SMILES string of the molecule is Nc1nc2ccccc2c2sc(N3CCCC3)nc12. The Balaban J connectivity index is 2.00. The zero-order valence-electron chi connectivity index (χ0n) is 10.5. The number of pyridine rings is 1. The number of anilines is 2. The summed E-state index contributed by atoms with van der Waals surface area (Å²) in [5, 5.41) is 2.23. The van der Waals surface area contributed by atoms with E-state index in [1.807, 2.05) is 18.2 Å². The molecule has 0 atom stereocenters. The average molecular weight is 270 g/mol. The monoisotopic (exact) mass is 270 g/mol. The Kier molecular flexibility index (Phi) is 2.35. The zero-order valence-corrected chi connectivity index (χ0v) is 11.3. The Hall–Kier alpha value is -1.88. The predicted octanol–water partition coefficient (Wildman–Crippen LogP) is 3.03. The molecule has 3 heterocycles. The van der Waals surface area contributed by atoms with Gasteiger partial charge < -0.3 is 10.6 Å². The van der Waals surface area contributed by atoms with E-state index in [9.17, 15) is 0 Å². The molecule has 4 rings (SSSR count). The van der Waals surface area contributed by atoms with Crippen LogP contribution in [0.25, 0.3) is 21.1 Å². The quantitative estimate of drug-likeness (QED) is 0.738. The first-order chi connectivity index (χ1) is 9.33. The standard InChI is InChI=1S/C14H14N4S/c15-13-11-12(9-5-1-2-6-10(9)16-13)19-14(17-11)18-7-3-4-8-18/h1-2,5-6H,3-4,7-8H2,(H2,15,16). The normalized spacial score (nSPS) is 15.7. The Morgan fingerprint density at radius 2 is 1.89 bits per heavy atom. The second-order valence-electron chi connectivity index (χ2n) is 4.88.